The summed E-state index contributed by atoms with van der Waals surface area (Å²) in [6, 6.07) is 0.682. The van der Waals surface area contributed by atoms with Crippen molar-refractivity contribution in [2.24, 2.45) is 5.92 Å². The topological polar surface area (TPSA) is 32.8 Å². The molecule has 4 nitrogen and oxygen atoms in total. The maximum atomic E-state index is 12.2. The van der Waals surface area contributed by atoms with E-state index in [2.05, 4.69) is 11.9 Å². The van der Waals surface area contributed by atoms with Gasteiger partial charge in [-0.3, -0.25) is 4.79 Å². The molecule has 0 saturated carbocycles. The maximum absolute atomic E-state index is 12.2. The normalized spacial score (nSPS) is 29.2. The molecule has 1 amide bonds. The minimum absolute atomic E-state index is 0.154. The number of piperidine rings is 2. The molecule has 0 aromatic carbocycles. The number of fused-ring (bicyclic) bond motifs is 1. The van der Waals surface area contributed by atoms with Gasteiger partial charge in [-0.15, -0.1) is 0 Å². The van der Waals surface area contributed by atoms with Crippen LogP contribution in [0.25, 0.3) is 0 Å². The predicted octanol–water partition coefficient (Wildman–Crippen LogP) is 1.74. The fourth-order valence-corrected chi connectivity index (χ4v) is 3.25. The molecule has 0 radical (unpaired) electrons. The molecule has 2 aliphatic heterocycles. The van der Waals surface area contributed by atoms with Crippen LogP contribution in [-0.4, -0.2) is 60.6 Å². The van der Waals surface area contributed by atoms with Crippen molar-refractivity contribution in [3.05, 3.63) is 0 Å². The van der Waals surface area contributed by atoms with E-state index in [0.717, 1.165) is 19.5 Å². The second-order valence-electron chi connectivity index (χ2n) is 6.98. The molecule has 0 bridgehead atoms. The molecular formula is C15H28N2O2. The van der Waals surface area contributed by atoms with Gasteiger partial charge >= 0.3 is 0 Å². The molecule has 2 fully saturated rings. The van der Waals surface area contributed by atoms with Crippen LogP contribution in [0.1, 0.15) is 40.0 Å². The Balaban J connectivity index is 1.85. The van der Waals surface area contributed by atoms with Crippen molar-refractivity contribution >= 4 is 5.91 Å². The van der Waals surface area contributed by atoms with Crippen LogP contribution in [-0.2, 0) is 9.53 Å². The Kier molecular flexibility index (Phi) is 4.51. The van der Waals surface area contributed by atoms with E-state index in [0.29, 0.717) is 12.0 Å². The molecule has 0 aromatic rings. The van der Waals surface area contributed by atoms with Crippen molar-refractivity contribution < 1.29 is 9.53 Å². The van der Waals surface area contributed by atoms with E-state index in [-0.39, 0.29) is 18.1 Å². The summed E-state index contributed by atoms with van der Waals surface area (Å²) in [6.45, 7) is 9.20. The summed E-state index contributed by atoms with van der Waals surface area (Å²) in [7, 11) is 2.22. The molecule has 2 atom stereocenters. The van der Waals surface area contributed by atoms with E-state index in [4.69, 9.17) is 4.74 Å². The second kappa shape index (κ2) is 5.80. The fraction of sp³-hybridized carbons (Fsp3) is 0.933. The molecule has 2 aliphatic rings. The van der Waals surface area contributed by atoms with E-state index in [1.807, 2.05) is 25.7 Å². The number of hydrogen-bond acceptors (Lipinski definition) is 3. The zero-order valence-electron chi connectivity index (χ0n) is 12.8. The van der Waals surface area contributed by atoms with Crippen molar-refractivity contribution in [2.75, 3.05) is 33.3 Å². The van der Waals surface area contributed by atoms with E-state index < -0.39 is 0 Å². The third-order valence-electron chi connectivity index (χ3n) is 4.33. The number of ether oxygens (including phenoxy) is 1. The minimum atomic E-state index is -0.237. The number of nitrogens with zero attached hydrogens (tertiary/aromatic N) is 2. The van der Waals surface area contributed by atoms with Gasteiger partial charge in [-0.05, 0) is 59.5 Å². The lowest BCUT2D eigenvalue weighted by atomic mass is 9.84. The number of likely N-dealkylation sites (tertiary alicyclic amines) is 2. The maximum Gasteiger partial charge on any atom is 0.248 e. The van der Waals surface area contributed by atoms with Crippen molar-refractivity contribution in [3.63, 3.8) is 0 Å². The zero-order valence-corrected chi connectivity index (χ0v) is 12.8. The fourth-order valence-electron chi connectivity index (χ4n) is 3.25. The van der Waals surface area contributed by atoms with Crippen LogP contribution in [0.2, 0.25) is 0 Å². The average molecular weight is 268 g/mol. The average Bonchev–Trinajstić information content (AvgIpc) is 2.35. The summed E-state index contributed by atoms with van der Waals surface area (Å²) >= 11 is 0. The Morgan fingerprint density at radius 2 is 2.00 bits per heavy atom. The molecule has 0 aromatic heterocycles. The second-order valence-corrected chi connectivity index (χ2v) is 6.98. The van der Waals surface area contributed by atoms with Crippen molar-refractivity contribution in [2.45, 2.75) is 51.7 Å². The van der Waals surface area contributed by atoms with Gasteiger partial charge in [0.15, 0.2) is 0 Å². The summed E-state index contributed by atoms with van der Waals surface area (Å²) in [5.41, 5.74) is -0.237. The van der Waals surface area contributed by atoms with Crippen LogP contribution < -0.4 is 0 Å². The first-order chi connectivity index (χ1) is 8.87. The summed E-state index contributed by atoms with van der Waals surface area (Å²) in [6.07, 6.45) is 3.64. The SMILES string of the molecule is CN1CCCC2CN(C(=O)COC(C)(C)C)CCC21. The van der Waals surface area contributed by atoms with Crippen LogP contribution in [0.3, 0.4) is 0 Å². The molecule has 110 valence electrons. The van der Waals surface area contributed by atoms with Crippen LogP contribution >= 0.6 is 0 Å². The van der Waals surface area contributed by atoms with Gasteiger partial charge in [0.25, 0.3) is 0 Å². The van der Waals surface area contributed by atoms with Gasteiger partial charge in [0.1, 0.15) is 6.61 Å². The molecule has 19 heavy (non-hydrogen) atoms. The summed E-state index contributed by atoms with van der Waals surface area (Å²) in [5.74, 6) is 0.813. The molecule has 2 rings (SSSR count). The van der Waals surface area contributed by atoms with Gasteiger partial charge in [-0.2, -0.15) is 0 Å². The van der Waals surface area contributed by atoms with Crippen molar-refractivity contribution in [3.8, 4) is 0 Å². The zero-order chi connectivity index (χ0) is 14.0. The highest BCUT2D eigenvalue weighted by atomic mass is 16.5. The predicted molar refractivity (Wildman–Crippen MR) is 76.0 cm³/mol. The number of carbonyl (C=O) groups excluding carboxylic acids is 1. The molecule has 0 N–H and O–H groups in total. The van der Waals surface area contributed by atoms with Crippen molar-refractivity contribution in [1.82, 2.24) is 9.80 Å². The highest BCUT2D eigenvalue weighted by Crippen LogP contribution is 2.29. The molecule has 0 aliphatic carbocycles. The Labute approximate surface area is 117 Å². The van der Waals surface area contributed by atoms with E-state index >= 15 is 0 Å². The Morgan fingerprint density at radius 3 is 2.68 bits per heavy atom. The highest BCUT2D eigenvalue weighted by molar-refractivity contribution is 5.77. The number of amides is 1. The van der Waals surface area contributed by atoms with Gasteiger partial charge in [0.05, 0.1) is 5.60 Å². The van der Waals surface area contributed by atoms with Gasteiger partial charge in [-0.1, -0.05) is 0 Å². The highest BCUT2D eigenvalue weighted by Gasteiger charge is 2.35. The summed E-state index contributed by atoms with van der Waals surface area (Å²) < 4.78 is 5.60. The molecular weight excluding hydrogens is 240 g/mol. The Morgan fingerprint density at radius 1 is 1.26 bits per heavy atom. The molecule has 4 heteroatoms. The molecule has 2 unspecified atom stereocenters. The first-order valence-corrected chi connectivity index (χ1v) is 7.49. The third-order valence-corrected chi connectivity index (χ3v) is 4.33. The third kappa shape index (κ3) is 3.93. The standard InChI is InChI=1S/C15H28N2O2/c1-15(2,3)19-11-14(18)17-9-7-13-12(10-17)6-5-8-16(13)4/h12-13H,5-11H2,1-4H3. The van der Waals surface area contributed by atoms with Crippen LogP contribution in [0.5, 0.6) is 0 Å². The quantitative estimate of drug-likeness (QED) is 0.765. The number of hydrogen-bond donors (Lipinski definition) is 0. The van der Waals surface area contributed by atoms with Gasteiger partial charge in [0.2, 0.25) is 5.91 Å². The molecule has 0 spiro atoms. The van der Waals surface area contributed by atoms with Crippen LogP contribution in [0, 0.1) is 5.92 Å². The Hall–Kier alpha value is -0.610. The lowest BCUT2D eigenvalue weighted by Crippen LogP contribution is -2.54. The van der Waals surface area contributed by atoms with Gasteiger partial charge in [0, 0.05) is 19.1 Å². The van der Waals surface area contributed by atoms with Gasteiger partial charge < -0.3 is 14.5 Å². The van der Waals surface area contributed by atoms with Crippen molar-refractivity contribution in [1.29, 1.82) is 0 Å². The van der Waals surface area contributed by atoms with Crippen LogP contribution in [0.4, 0.5) is 0 Å². The van der Waals surface area contributed by atoms with E-state index in [1.165, 1.54) is 19.4 Å². The molecule has 2 heterocycles. The number of carbonyl (C=O) groups is 1. The molecule has 2 saturated heterocycles. The van der Waals surface area contributed by atoms with E-state index in [9.17, 15) is 4.79 Å². The monoisotopic (exact) mass is 268 g/mol. The number of rotatable bonds is 2. The Bertz CT molecular complexity index is 325. The summed E-state index contributed by atoms with van der Waals surface area (Å²) in [5, 5.41) is 0. The lowest BCUT2D eigenvalue weighted by Gasteiger charge is -2.46. The first-order valence-electron chi connectivity index (χ1n) is 7.49. The largest absolute Gasteiger partial charge is 0.366 e. The lowest BCUT2D eigenvalue weighted by molar-refractivity contribution is -0.144. The first kappa shape index (κ1) is 14.8. The van der Waals surface area contributed by atoms with Crippen LogP contribution in [0.15, 0.2) is 0 Å². The van der Waals surface area contributed by atoms with Gasteiger partial charge in [-0.25, -0.2) is 0 Å². The summed E-state index contributed by atoms with van der Waals surface area (Å²) in [4.78, 5) is 16.7. The smallest absolute Gasteiger partial charge is 0.248 e. The minimum Gasteiger partial charge on any atom is -0.366 e. The van der Waals surface area contributed by atoms with E-state index in [1.54, 1.807) is 0 Å².